The van der Waals surface area contributed by atoms with E-state index in [1.165, 1.54) is 12.8 Å². The van der Waals surface area contributed by atoms with Gasteiger partial charge in [0.05, 0.1) is 19.2 Å². The second-order valence-corrected chi connectivity index (χ2v) is 5.26. The Morgan fingerprint density at radius 2 is 2.29 bits per heavy atom. The van der Waals surface area contributed by atoms with E-state index in [-0.39, 0.29) is 5.91 Å². The molecule has 1 aromatic carbocycles. The van der Waals surface area contributed by atoms with Crippen LogP contribution in [0, 0.1) is 17.2 Å². The summed E-state index contributed by atoms with van der Waals surface area (Å²) in [6.45, 7) is 1.77. The first-order valence-electron chi connectivity index (χ1n) is 7.38. The minimum Gasteiger partial charge on any atom is -0.493 e. The lowest BCUT2D eigenvalue weighted by atomic mass is 10.3. The highest BCUT2D eigenvalue weighted by atomic mass is 16.5. The highest BCUT2D eigenvalue weighted by Gasteiger charge is 2.20. The van der Waals surface area contributed by atoms with E-state index >= 15 is 0 Å². The predicted molar refractivity (Wildman–Crippen MR) is 81.0 cm³/mol. The number of hydrogen-bond acceptors (Lipinski definition) is 4. The van der Waals surface area contributed by atoms with Gasteiger partial charge in [-0.05, 0) is 43.9 Å². The van der Waals surface area contributed by atoms with Gasteiger partial charge in [-0.1, -0.05) is 6.07 Å². The molecule has 0 heterocycles. The molecule has 21 heavy (non-hydrogen) atoms. The summed E-state index contributed by atoms with van der Waals surface area (Å²) in [4.78, 5) is 11.8. The van der Waals surface area contributed by atoms with Gasteiger partial charge >= 0.3 is 0 Å². The average molecular weight is 287 g/mol. The van der Waals surface area contributed by atoms with Gasteiger partial charge in [0.2, 0.25) is 5.91 Å². The van der Waals surface area contributed by atoms with E-state index in [0.717, 1.165) is 18.2 Å². The van der Waals surface area contributed by atoms with Crippen molar-refractivity contribution in [1.82, 2.24) is 5.32 Å². The van der Waals surface area contributed by atoms with E-state index in [1.54, 1.807) is 6.07 Å². The van der Waals surface area contributed by atoms with Crippen molar-refractivity contribution in [3.8, 4) is 11.8 Å². The van der Waals surface area contributed by atoms with Crippen LogP contribution in [0.3, 0.4) is 0 Å². The molecular weight excluding hydrogens is 266 g/mol. The van der Waals surface area contributed by atoms with Crippen molar-refractivity contribution < 1.29 is 9.53 Å². The van der Waals surface area contributed by atoms with E-state index in [1.807, 2.05) is 18.2 Å². The Balaban J connectivity index is 1.71. The minimum absolute atomic E-state index is 0.0442. The summed E-state index contributed by atoms with van der Waals surface area (Å²) in [5, 5.41) is 14.5. The lowest BCUT2D eigenvalue weighted by Gasteiger charge is -2.09. The van der Waals surface area contributed by atoms with Crippen molar-refractivity contribution in [2.24, 2.45) is 5.92 Å². The van der Waals surface area contributed by atoms with Gasteiger partial charge in [0.15, 0.2) is 0 Å². The Hall–Kier alpha value is -2.06. The number of rotatable bonds is 9. The maximum Gasteiger partial charge on any atom is 0.238 e. The van der Waals surface area contributed by atoms with Gasteiger partial charge in [-0.2, -0.15) is 5.26 Å². The molecule has 2 N–H and O–H groups in total. The Morgan fingerprint density at radius 3 is 3.05 bits per heavy atom. The molecule has 1 aliphatic rings. The van der Waals surface area contributed by atoms with Crippen LogP contribution in [0.5, 0.6) is 5.75 Å². The molecule has 1 aromatic rings. The number of anilines is 1. The molecule has 0 radical (unpaired) electrons. The van der Waals surface area contributed by atoms with E-state index in [0.29, 0.717) is 31.7 Å². The standard InChI is InChI=1S/C16H21N3O2/c17-8-1-2-9-21-15-5-3-4-14(10-15)19-16(20)12-18-11-13-6-7-13/h3-5,10,13,18H,1-2,6-7,9,11-12H2,(H,19,20). The van der Waals surface area contributed by atoms with Crippen LogP contribution in [0.15, 0.2) is 24.3 Å². The first-order valence-corrected chi connectivity index (χ1v) is 7.38. The number of carbonyl (C=O) groups is 1. The van der Waals surface area contributed by atoms with Crippen LogP contribution >= 0.6 is 0 Å². The van der Waals surface area contributed by atoms with Crippen LogP contribution < -0.4 is 15.4 Å². The Morgan fingerprint density at radius 1 is 1.43 bits per heavy atom. The Bertz CT molecular complexity index is 506. The number of unbranched alkanes of at least 4 members (excludes halogenated alkanes) is 1. The maximum absolute atomic E-state index is 11.8. The molecule has 1 fully saturated rings. The zero-order valence-electron chi connectivity index (χ0n) is 12.1. The summed E-state index contributed by atoms with van der Waals surface area (Å²) < 4.78 is 5.53. The van der Waals surface area contributed by atoms with E-state index in [2.05, 4.69) is 16.7 Å². The van der Waals surface area contributed by atoms with Gasteiger partial charge in [-0.15, -0.1) is 0 Å². The summed E-state index contributed by atoms with van der Waals surface area (Å²) in [6.07, 6.45) is 3.75. The zero-order chi connectivity index (χ0) is 14.9. The first kappa shape index (κ1) is 15.3. The van der Waals surface area contributed by atoms with Crippen molar-refractivity contribution in [3.05, 3.63) is 24.3 Å². The number of nitrogens with zero attached hydrogens (tertiary/aromatic N) is 1. The lowest BCUT2D eigenvalue weighted by Crippen LogP contribution is -2.29. The van der Waals surface area contributed by atoms with Crippen LogP contribution in [-0.4, -0.2) is 25.6 Å². The molecule has 5 nitrogen and oxygen atoms in total. The molecule has 112 valence electrons. The van der Waals surface area contributed by atoms with E-state index < -0.39 is 0 Å². The maximum atomic E-state index is 11.8. The molecule has 5 heteroatoms. The number of nitriles is 1. The summed E-state index contributed by atoms with van der Waals surface area (Å²) >= 11 is 0. The van der Waals surface area contributed by atoms with Gasteiger partial charge in [0.25, 0.3) is 0 Å². The summed E-state index contributed by atoms with van der Waals surface area (Å²) in [5.74, 6) is 1.43. The van der Waals surface area contributed by atoms with Crippen molar-refractivity contribution in [3.63, 3.8) is 0 Å². The third-order valence-corrected chi connectivity index (χ3v) is 3.23. The number of amides is 1. The van der Waals surface area contributed by atoms with Gasteiger partial charge in [-0.25, -0.2) is 0 Å². The van der Waals surface area contributed by atoms with Crippen LogP contribution in [0.25, 0.3) is 0 Å². The van der Waals surface area contributed by atoms with E-state index in [4.69, 9.17) is 10.00 Å². The second-order valence-electron chi connectivity index (χ2n) is 5.26. The molecule has 1 amide bonds. The fourth-order valence-electron chi connectivity index (χ4n) is 1.92. The second kappa shape index (κ2) is 8.28. The zero-order valence-corrected chi connectivity index (χ0v) is 12.1. The molecule has 0 bridgehead atoms. The fourth-order valence-corrected chi connectivity index (χ4v) is 1.92. The number of carbonyl (C=O) groups excluding carboxylic acids is 1. The lowest BCUT2D eigenvalue weighted by molar-refractivity contribution is -0.115. The normalized spacial score (nSPS) is 13.5. The van der Waals surface area contributed by atoms with Crippen LogP contribution in [0.2, 0.25) is 0 Å². The van der Waals surface area contributed by atoms with Gasteiger partial charge in [0.1, 0.15) is 5.75 Å². The van der Waals surface area contributed by atoms with Gasteiger partial charge < -0.3 is 15.4 Å². The molecule has 0 aromatic heterocycles. The summed E-state index contributed by atoms with van der Waals surface area (Å²) in [5.41, 5.74) is 0.728. The highest BCUT2D eigenvalue weighted by Crippen LogP contribution is 2.27. The number of benzene rings is 1. The number of ether oxygens (including phenoxy) is 1. The van der Waals surface area contributed by atoms with Gasteiger partial charge in [-0.3, -0.25) is 4.79 Å². The summed E-state index contributed by atoms with van der Waals surface area (Å²) in [7, 11) is 0. The van der Waals surface area contributed by atoms with Crippen LogP contribution in [0.1, 0.15) is 25.7 Å². The number of hydrogen-bond donors (Lipinski definition) is 2. The molecule has 1 saturated carbocycles. The van der Waals surface area contributed by atoms with Crippen LogP contribution in [-0.2, 0) is 4.79 Å². The Kier molecular flexibility index (Phi) is 6.04. The molecule has 1 aliphatic carbocycles. The van der Waals surface area contributed by atoms with Crippen molar-refractivity contribution >= 4 is 11.6 Å². The third-order valence-electron chi connectivity index (χ3n) is 3.23. The van der Waals surface area contributed by atoms with Gasteiger partial charge in [0, 0.05) is 18.2 Å². The molecule has 0 aliphatic heterocycles. The van der Waals surface area contributed by atoms with Crippen molar-refractivity contribution in [1.29, 1.82) is 5.26 Å². The molecule has 0 spiro atoms. The minimum atomic E-state index is -0.0442. The SMILES string of the molecule is N#CCCCOc1cccc(NC(=O)CNCC2CC2)c1. The molecule has 0 atom stereocenters. The first-order chi connectivity index (χ1) is 10.3. The van der Waals surface area contributed by atoms with Crippen LogP contribution in [0.4, 0.5) is 5.69 Å². The third kappa shape index (κ3) is 6.28. The average Bonchev–Trinajstić information content (AvgIpc) is 3.28. The highest BCUT2D eigenvalue weighted by molar-refractivity contribution is 5.92. The molecule has 0 unspecified atom stereocenters. The van der Waals surface area contributed by atoms with Crippen molar-refractivity contribution in [2.75, 3.05) is 25.0 Å². The smallest absolute Gasteiger partial charge is 0.238 e. The predicted octanol–water partition coefficient (Wildman–Crippen LogP) is 2.31. The summed E-state index contributed by atoms with van der Waals surface area (Å²) in [6, 6.07) is 9.39. The molecule has 0 saturated heterocycles. The number of nitrogens with one attached hydrogen (secondary N) is 2. The van der Waals surface area contributed by atoms with E-state index in [9.17, 15) is 4.79 Å². The quantitative estimate of drug-likeness (QED) is 0.683. The Labute approximate surface area is 125 Å². The fraction of sp³-hybridized carbons (Fsp3) is 0.500. The monoisotopic (exact) mass is 287 g/mol. The topological polar surface area (TPSA) is 74.1 Å². The van der Waals surface area contributed by atoms with Crippen molar-refractivity contribution in [2.45, 2.75) is 25.7 Å². The molecule has 2 rings (SSSR count). The largest absolute Gasteiger partial charge is 0.493 e. The molecular formula is C16H21N3O2.